The predicted octanol–water partition coefficient (Wildman–Crippen LogP) is 4.50. The largest absolute Gasteiger partial charge is 0.309 e. The topological polar surface area (TPSA) is 24.9 Å². The van der Waals surface area contributed by atoms with Crippen molar-refractivity contribution < 1.29 is 0 Å². The fraction of sp³-hybridized carbons (Fsp3) is 0.400. The molecule has 0 fully saturated rings. The van der Waals surface area contributed by atoms with Gasteiger partial charge in [-0.2, -0.15) is 0 Å². The fourth-order valence-electron chi connectivity index (χ4n) is 2.01. The fourth-order valence-corrected chi connectivity index (χ4v) is 3.32. The summed E-state index contributed by atoms with van der Waals surface area (Å²) in [5.74, 6) is 0. The number of nitrogens with one attached hydrogen (secondary N) is 1. The van der Waals surface area contributed by atoms with Crippen LogP contribution in [0.2, 0.25) is 0 Å². The molecule has 1 aromatic carbocycles. The van der Waals surface area contributed by atoms with Crippen LogP contribution >= 0.6 is 27.3 Å². The summed E-state index contributed by atoms with van der Waals surface area (Å²) in [7, 11) is 0. The molecule has 0 radical (unpaired) electrons. The van der Waals surface area contributed by atoms with E-state index in [2.05, 4.69) is 64.3 Å². The van der Waals surface area contributed by atoms with E-state index in [0.29, 0.717) is 6.04 Å². The molecule has 1 N–H and O–H groups in total. The average molecular weight is 339 g/mol. The third kappa shape index (κ3) is 4.13. The smallest absolute Gasteiger partial charge is 0.0897 e. The molecule has 0 aliphatic heterocycles. The highest BCUT2D eigenvalue weighted by Crippen LogP contribution is 2.27. The van der Waals surface area contributed by atoms with Gasteiger partial charge in [-0.05, 0) is 37.9 Å². The van der Waals surface area contributed by atoms with E-state index in [-0.39, 0.29) is 0 Å². The van der Waals surface area contributed by atoms with Gasteiger partial charge in [0.15, 0.2) is 0 Å². The van der Waals surface area contributed by atoms with Crippen LogP contribution in [0.1, 0.15) is 34.8 Å². The molecule has 2 nitrogen and oxygen atoms in total. The summed E-state index contributed by atoms with van der Waals surface area (Å²) in [6.45, 7) is 5.29. The molecule has 102 valence electrons. The van der Waals surface area contributed by atoms with E-state index < -0.39 is 0 Å². The van der Waals surface area contributed by atoms with Gasteiger partial charge in [0, 0.05) is 21.6 Å². The second-order valence-electron chi connectivity index (χ2n) is 4.58. The van der Waals surface area contributed by atoms with Gasteiger partial charge < -0.3 is 5.32 Å². The summed E-state index contributed by atoms with van der Waals surface area (Å²) in [5.41, 5.74) is 1.34. The van der Waals surface area contributed by atoms with Crippen LogP contribution in [0.3, 0.4) is 0 Å². The highest BCUT2D eigenvalue weighted by molar-refractivity contribution is 9.10. The molecule has 0 amide bonds. The monoisotopic (exact) mass is 338 g/mol. The quantitative estimate of drug-likeness (QED) is 0.838. The van der Waals surface area contributed by atoms with Crippen molar-refractivity contribution in [3.63, 3.8) is 0 Å². The number of rotatable bonds is 6. The first-order valence-corrected chi connectivity index (χ1v) is 8.20. The Hall–Kier alpha value is -0.710. The van der Waals surface area contributed by atoms with E-state index in [0.717, 1.165) is 24.4 Å². The summed E-state index contributed by atoms with van der Waals surface area (Å²) in [6, 6.07) is 8.78. The highest BCUT2D eigenvalue weighted by atomic mass is 79.9. The summed E-state index contributed by atoms with van der Waals surface area (Å²) in [4.78, 5) is 5.70. The molecular weight excluding hydrogens is 320 g/mol. The Morgan fingerprint density at radius 3 is 2.79 bits per heavy atom. The molecule has 0 aliphatic rings. The van der Waals surface area contributed by atoms with E-state index in [1.807, 2.05) is 6.20 Å². The number of nitrogens with zero attached hydrogens (tertiary/aromatic N) is 1. The third-order valence-corrected chi connectivity index (χ3v) is 4.81. The molecule has 1 aromatic heterocycles. The van der Waals surface area contributed by atoms with Crippen molar-refractivity contribution in [1.29, 1.82) is 0 Å². The molecule has 0 saturated carbocycles. The lowest BCUT2D eigenvalue weighted by Crippen LogP contribution is -2.23. The number of aromatic nitrogens is 1. The lowest BCUT2D eigenvalue weighted by atomic mass is 10.0. The van der Waals surface area contributed by atoms with Crippen LogP contribution in [0, 0.1) is 6.92 Å². The van der Waals surface area contributed by atoms with Crippen molar-refractivity contribution >= 4 is 27.3 Å². The summed E-state index contributed by atoms with van der Waals surface area (Å²) in [5, 5.41) is 4.75. The van der Waals surface area contributed by atoms with Crippen molar-refractivity contribution in [3.8, 4) is 0 Å². The highest BCUT2D eigenvalue weighted by Gasteiger charge is 2.15. The maximum atomic E-state index is 4.38. The molecule has 0 saturated heterocycles. The molecule has 4 heteroatoms. The average Bonchev–Trinajstić information content (AvgIpc) is 2.83. The number of aryl methyl sites for hydroxylation is 1. The van der Waals surface area contributed by atoms with Crippen molar-refractivity contribution in [2.24, 2.45) is 0 Å². The van der Waals surface area contributed by atoms with Crippen LogP contribution in [-0.2, 0) is 6.42 Å². The van der Waals surface area contributed by atoms with Gasteiger partial charge in [0.1, 0.15) is 0 Å². The number of benzene rings is 1. The molecular formula is C15H19BrN2S. The van der Waals surface area contributed by atoms with Crippen LogP contribution in [0.4, 0.5) is 0 Å². The minimum atomic E-state index is 0.352. The van der Waals surface area contributed by atoms with Crippen LogP contribution in [-0.4, -0.2) is 11.5 Å². The Kier molecular flexibility index (Phi) is 5.55. The molecule has 0 aliphatic carbocycles. The predicted molar refractivity (Wildman–Crippen MR) is 85.7 cm³/mol. The lowest BCUT2D eigenvalue weighted by Gasteiger charge is -2.17. The number of halogens is 1. The Morgan fingerprint density at radius 1 is 1.37 bits per heavy atom. The normalized spacial score (nSPS) is 12.6. The zero-order valence-corrected chi connectivity index (χ0v) is 13.7. The molecule has 1 atom stereocenters. The van der Waals surface area contributed by atoms with Crippen molar-refractivity contribution in [2.75, 3.05) is 6.54 Å². The summed E-state index contributed by atoms with van der Waals surface area (Å²) >= 11 is 5.41. The van der Waals surface area contributed by atoms with Gasteiger partial charge in [-0.15, -0.1) is 11.3 Å². The molecule has 0 spiro atoms. The van der Waals surface area contributed by atoms with Gasteiger partial charge in [-0.1, -0.05) is 41.1 Å². The van der Waals surface area contributed by atoms with Gasteiger partial charge >= 0.3 is 0 Å². The Balaban J connectivity index is 2.16. The Labute approximate surface area is 127 Å². The van der Waals surface area contributed by atoms with Crippen molar-refractivity contribution in [2.45, 2.75) is 32.7 Å². The molecule has 0 bridgehead atoms. The van der Waals surface area contributed by atoms with E-state index in [9.17, 15) is 0 Å². The van der Waals surface area contributed by atoms with Gasteiger partial charge in [0.05, 0.1) is 5.01 Å². The molecule has 2 aromatic rings. The van der Waals surface area contributed by atoms with E-state index in [1.165, 1.54) is 14.9 Å². The van der Waals surface area contributed by atoms with Gasteiger partial charge in [-0.25, -0.2) is 4.98 Å². The molecule has 2 rings (SSSR count). The zero-order valence-electron chi connectivity index (χ0n) is 11.3. The first-order valence-electron chi connectivity index (χ1n) is 6.59. The third-order valence-electron chi connectivity index (χ3n) is 3.01. The van der Waals surface area contributed by atoms with Crippen LogP contribution in [0.15, 0.2) is 34.9 Å². The maximum absolute atomic E-state index is 4.38. The van der Waals surface area contributed by atoms with E-state index in [4.69, 9.17) is 0 Å². The molecule has 1 heterocycles. The minimum Gasteiger partial charge on any atom is -0.309 e. The molecule has 1 unspecified atom stereocenters. The SMILES string of the molecule is CCCNC(Cc1ccccc1Br)c1cnc(C)s1. The Morgan fingerprint density at radius 2 is 2.16 bits per heavy atom. The molecule has 19 heavy (non-hydrogen) atoms. The zero-order chi connectivity index (χ0) is 13.7. The standard InChI is InChI=1S/C15H19BrN2S/c1-3-8-17-14(15-10-18-11(2)19-15)9-12-6-4-5-7-13(12)16/h4-7,10,14,17H,3,8-9H2,1-2H3. The Bertz CT molecular complexity index is 524. The second-order valence-corrected chi connectivity index (χ2v) is 6.70. The summed E-state index contributed by atoms with van der Waals surface area (Å²) < 4.78 is 1.18. The van der Waals surface area contributed by atoms with Crippen LogP contribution < -0.4 is 5.32 Å². The first kappa shape index (κ1) is 14.7. The van der Waals surface area contributed by atoms with Gasteiger partial charge in [-0.3, -0.25) is 0 Å². The first-order chi connectivity index (χ1) is 9.20. The lowest BCUT2D eigenvalue weighted by molar-refractivity contribution is 0.535. The number of thiazole rings is 1. The second kappa shape index (κ2) is 7.17. The van der Waals surface area contributed by atoms with Crippen LogP contribution in [0.25, 0.3) is 0 Å². The maximum Gasteiger partial charge on any atom is 0.0897 e. The van der Waals surface area contributed by atoms with Crippen LogP contribution in [0.5, 0.6) is 0 Å². The number of hydrogen-bond acceptors (Lipinski definition) is 3. The van der Waals surface area contributed by atoms with Gasteiger partial charge in [0.25, 0.3) is 0 Å². The van der Waals surface area contributed by atoms with E-state index >= 15 is 0 Å². The summed E-state index contributed by atoms with van der Waals surface area (Å²) in [6.07, 6.45) is 4.14. The van der Waals surface area contributed by atoms with E-state index in [1.54, 1.807) is 11.3 Å². The van der Waals surface area contributed by atoms with Crippen molar-refractivity contribution in [3.05, 3.63) is 50.4 Å². The number of hydrogen-bond donors (Lipinski definition) is 1. The van der Waals surface area contributed by atoms with Gasteiger partial charge in [0.2, 0.25) is 0 Å². The van der Waals surface area contributed by atoms with Crippen molar-refractivity contribution in [1.82, 2.24) is 10.3 Å². The minimum absolute atomic E-state index is 0.352.